The van der Waals surface area contributed by atoms with Gasteiger partial charge in [-0.2, -0.15) is 13.2 Å². The molecular formula is C30H31F3N2O5. The molecule has 7 nitrogen and oxygen atoms in total. The van der Waals surface area contributed by atoms with Gasteiger partial charge in [-0.1, -0.05) is 42.5 Å². The first-order chi connectivity index (χ1) is 18.9. The fourth-order valence-electron chi connectivity index (χ4n) is 4.77. The summed E-state index contributed by atoms with van der Waals surface area (Å²) in [7, 11) is 1.66. The number of rotatable bonds is 11. The minimum absolute atomic E-state index is 0.131. The number of benzene rings is 3. The van der Waals surface area contributed by atoms with Crippen LogP contribution in [-0.2, 0) is 23.8 Å². The third-order valence-electron chi connectivity index (χ3n) is 7.24. The van der Waals surface area contributed by atoms with E-state index in [0.29, 0.717) is 36.4 Å². The summed E-state index contributed by atoms with van der Waals surface area (Å²) >= 11 is 0. The van der Waals surface area contributed by atoms with Crippen LogP contribution in [0.3, 0.4) is 0 Å². The molecule has 0 radical (unpaired) electrons. The number of carbonyl (C=O) groups is 2. The fraction of sp³-hybridized carbons (Fsp3) is 0.333. The number of urea groups is 1. The number of alkyl halides is 3. The Morgan fingerprint density at radius 3 is 2.15 bits per heavy atom. The molecule has 3 aromatic rings. The summed E-state index contributed by atoms with van der Waals surface area (Å²) in [4.78, 5) is 25.9. The van der Waals surface area contributed by atoms with E-state index in [9.17, 15) is 27.9 Å². The highest BCUT2D eigenvalue weighted by Gasteiger charge is 2.43. The van der Waals surface area contributed by atoms with Crippen molar-refractivity contribution in [2.45, 2.75) is 43.5 Å². The number of ether oxygens (including phenoxy) is 2. The molecule has 2 unspecified atom stereocenters. The van der Waals surface area contributed by atoms with Crippen molar-refractivity contribution in [3.63, 3.8) is 0 Å². The van der Waals surface area contributed by atoms with Gasteiger partial charge in [-0.25, -0.2) is 9.59 Å². The van der Waals surface area contributed by atoms with Crippen molar-refractivity contribution in [1.29, 1.82) is 0 Å². The van der Waals surface area contributed by atoms with Crippen molar-refractivity contribution < 1.29 is 37.3 Å². The summed E-state index contributed by atoms with van der Waals surface area (Å²) in [5.74, 6) is -0.0596. The number of likely N-dealkylation sites (N-methyl/N-ethyl adjacent to an activating group) is 1. The van der Waals surface area contributed by atoms with Gasteiger partial charge in [-0.3, -0.25) is 0 Å². The predicted molar refractivity (Wildman–Crippen MR) is 142 cm³/mol. The van der Waals surface area contributed by atoms with Crippen molar-refractivity contribution in [2.24, 2.45) is 0 Å². The third kappa shape index (κ3) is 6.67. The lowest BCUT2D eigenvalue weighted by atomic mass is 9.87. The number of carboxylic acid groups (broad SMARTS) is 1. The Morgan fingerprint density at radius 2 is 1.60 bits per heavy atom. The number of carboxylic acids is 1. The van der Waals surface area contributed by atoms with E-state index in [2.05, 4.69) is 5.32 Å². The Kier molecular flexibility index (Phi) is 8.27. The van der Waals surface area contributed by atoms with E-state index in [1.165, 1.54) is 19.1 Å². The van der Waals surface area contributed by atoms with E-state index in [-0.39, 0.29) is 19.1 Å². The molecule has 1 saturated heterocycles. The average Bonchev–Trinajstić information content (AvgIpc) is 3.18. The minimum atomic E-state index is -4.41. The Morgan fingerprint density at radius 1 is 0.975 bits per heavy atom. The second-order valence-electron chi connectivity index (χ2n) is 10.2. The normalized spacial score (nSPS) is 18.6. The number of halogens is 3. The maximum absolute atomic E-state index is 13.0. The van der Waals surface area contributed by atoms with Crippen LogP contribution in [0.5, 0.6) is 11.5 Å². The molecule has 2 atom stereocenters. The zero-order valence-corrected chi connectivity index (χ0v) is 22.2. The van der Waals surface area contributed by atoms with E-state index < -0.39 is 28.8 Å². The number of amides is 2. The van der Waals surface area contributed by atoms with Crippen molar-refractivity contribution in [2.75, 3.05) is 20.2 Å². The molecule has 212 valence electrons. The molecule has 0 bridgehead atoms. The predicted octanol–water partition coefficient (Wildman–Crippen LogP) is 5.58. The molecule has 1 aliphatic rings. The monoisotopic (exact) mass is 556 g/mol. The standard InChI is InChI=1S/C30H31F3N2O5/c1-28(26(36)37,40-25-6-4-3-5-7-25)18-21-10-14-24(15-11-21)39-17-16-29(20-34-27(38)35(29)2)19-22-8-12-23(13-9-22)30(31,32)33/h3-15H,16-20H2,1-2H3,(H,34,38)(H,36,37). The quantitative estimate of drug-likeness (QED) is 0.322. The number of hydrogen-bond donors (Lipinski definition) is 2. The van der Waals surface area contributed by atoms with E-state index in [4.69, 9.17) is 9.47 Å². The van der Waals surface area contributed by atoms with E-state index in [1.54, 1.807) is 60.5 Å². The second kappa shape index (κ2) is 11.5. The van der Waals surface area contributed by atoms with Crippen LogP contribution >= 0.6 is 0 Å². The number of nitrogens with one attached hydrogen (secondary N) is 1. The molecule has 0 aliphatic carbocycles. The minimum Gasteiger partial charge on any atom is -0.494 e. The smallest absolute Gasteiger partial charge is 0.416 e. The first kappa shape index (κ1) is 28.8. The molecule has 1 fully saturated rings. The highest BCUT2D eigenvalue weighted by molar-refractivity contribution is 5.78. The zero-order chi connectivity index (χ0) is 29.0. The van der Waals surface area contributed by atoms with Crippen molar-refractivity contribution in [3.05, 3.63) is 95.6 Å². The summed E-state index contributed by atoms with van der Waals surface area (Å²) in [6.45, 7) is 2.11. The molecular weight excluding hydrogens is 525 g/mol. The molecule has 1 heterocycles. The van der Waals surface area contributed by atoms with E-state index in [1.807, 2.05) is 6.07 Å². The van der Waals surface area contributed by atoms with Crippen LogP contribution < -0.4 is 14.8 Å². The summed E-state index contributed by atoms with van der Waals surface area (Å²) in [6, 6.07) is 20.5. The number of hydrogen-bond acceptors (Lipinski definition) is 4. The Labute approximate surface area is 230 Å². The van der Waals surface area contributed by atoms with Crippen LogP contribution in [0.25, 0.3) is 0 Å². The van der Waals surface area contributed by atoms with Crippen LogP contribution in [-0.4, -0.2) is 53.3 Å². The van der Waals surface area contributed by atoms with E-state index in [0.717, 1.165) is 17.7 Å². The number of aliphatic carboxylic acids is 1. The van der Waals surface area contributed by atoms with E-state index >= 15 is 0 Å². The summed E-state index contributed by atoms with van der Waals surface area (Å²) in [5, 5.41) is 12.6. The van der Waals surface area contributed by atoms with Gasteiger partial charge in [0.05, 0.1) is 17.7 Å². The molecule has 0 saturated carbocycles. The number of para-hydroxylation sites is 1. The molecule has 0 spiro atoms. The van der Waals surface area contributed by atoms with Gasteiger partial charge in [-0.05, 0) is 60.9 Å². The fourth-order valence-corrected chi connectivity index (χ4v) is 4.77. The summed E-state index contributed by atoms with van der Waals surface area (Å²) in [5.41, 5.74) is -1.44. The van der Waals surface area contributed by atoms with Crippen LogP contribution in [0.2, 0.25) is 0 Å². The summed E-state index contributed by atoms with van der Waals surface area (Å²) in [6.07, 6.45) is -3.49. The first-order valence-electron chi connectivity index (χ1n) is 12.8. The molecule has 2 amide bonds. The molecule has 10 heteroatoms. The number of nitrogens with zero attached hydrogens (tertiary/aromatic N) is 1. The third-order valence-corrected chi connectivity index (χ3v) is 7.24. The lowest BCUT2D eigenvalue weighted by molar-refractivity contribution is -0.153. The van der Waals surface area contributed by atoms with Crippen LogP contribution in [0.1, 0.15) is 30.0 Å². The Balaban J connectivity index is 1.39. The van der Waals surface area contributed by atoms with Gasteiger partial charge in [0.1, 0.15) is 11.5 Å². The van der Waals surface area contributed by atoms with Gasteiger partial charge in [0.2, 0.25) is 5.60 Å². The summed E-state index contributed by atoms with van der Waals surface area (Å²) < 4.78 is 50.6. The van der Waals surface area contributed by atoms with Gasteiger partial charge < -0.3 is 24.8 Å². The van der Waals surface area contributed by atoms with Gasteiger partial charge in [0, 0.05) is 26.4 Å². The van der Waals surface area contributed by atoms with Crippen molar-refractivity contribution in [3.8, 4) is 11.5 Å². The van der Waals surface area contributed by atoms with Gasteiger partial charge in [0.15, 0.2) is 0 Å². The maximum Gasteiger partial charge on any atom is 0.416 e. The topological polar surface area (TPSA) is 88.1 Å². The molecule has 0 aromatic heterocycles. The molecule has 4 rings (SSSR count). The molecule has 40 heavy (non-hydrogen) atoms. The maximum atomic E-state index is 13.0. The van der Waals surface area contributed by atoms with Crippen LogP contribution in [0, 0.1) is 0 Å². The Hall–Kier alpha value is -4.21. The molecule has 1 aliphatic heterocycles. The molecule has 3 aromatic carbocycles. The van der Waals surface area contributed by atoms with Crippen molar-refractivity contribution in [1.82, 2.24) is 10.2 Å². The average molecular weight is 557 g/mol. The molecule has 2 N–H and O–H groups in total. The van der Waals surface area contributed by atoms with Crippen LogP contribution in [0.4, 0.5) is 18.0 Å². The second-order valence-corrected chi connectivity index (χ2v) is 10.2. The Bertz CT molecular complexity index is 1320. The zero-order valence-electron chi connectivity index (χ0n) is 22.2. The van der Waals surface area contributed by atoms with Gasteiger partial charge in [0.25, 0.3) is 0 Å². The lowest BCUT2D eigenvalue weighted by Crippen LogP contribution is -2.48. The largest absolute Gasteiger partial charge is 0.494 e. The lowest BCUT2D eigenvalue weighted by Gasteiger charge is -2.35. The number of carbonyl (C=O) groups excluding carboxylic acids is 1. The first-order valence-corrected chi connectivity index (χ1v) is 12.8. The van der Waals surface area contributed by atoms with Crippen LogP contribution in [0.15, 0.2) is 78.9 Å². The SMILES string of the molecule is CN1C(=O)NCC1(CCOc1ccc(CC(C)(Oc2ccccc2)C(=O)O)cc1)Cc1ccc(C(F)(F)F)cc1. The highest BCUT2D eigenvalue weighted by Crippen LogP contribution is 2.32. The van der Waals surface area contributed by atoms with Gasteiger partial charge >= 0.3 is 18.2 Å². The van der Waals surface area contributed by atoms with Crippen molar-refractivity contribution >= 4 is 12.0 Å². The van der Waals surface area contributed by atoms with Gasteiger partial charge in [-0.15, -0.1) is 0 Å². The highest BCUT2D eigenvalue weighted by atomic mass is 19.4.